The number of nitrogens with zero attached hydrogens (tertiary/aromatic N) is 1. The Morgan fingerprint density at radius 2 is 1.90 bits per heavy atom. The average molecular weight is 278 g/mol. The summed E-state index contributed by atoms with van der Waals surface area (Å²) in [6.07, 6.45) is 0.889. The van der Waals surface area contributed by atoms with Crippen molar-refractivity contribution in [3.63, 3.8) is 0 Å². The topological polar surface area (TPSA) is 69.6 Å². The highest BCUT2D eigenvalue weighted by molar-refractivity contribution is 5.81. The van der Waals surface area contributed by atoms with Crippen LogP contribution in [0, 0.1) is 6.92 Å². The smallest absolute Gasteiger partial charge is 0.305 e. The van der Waals surface area contributed by atoms with Crippen LogP contribution >= 0.6 is 0 Å². The number of amides is 1. The van der Waals surface area contributed by atoms with Gasteiger partial charge in [-0.15, -0.1) is 0 Å². The number of anilines is 1. The third kappa shape index (κ3) is 5.73. The zero-order valence-electron chi connectivity index (χ0n) is 12.1. The van der Waals surface area contributed by atoms with Gasteiger partial charge in [0, 0.05) is 18.8 Å². The van der Waals surface area contributed by atoms with Crippen molar-refractivity contribution in [3.05, 3.63) is 29.8 Å². The molecule has 0 bridgehead atoms. The molecule has 0 spiro atoms. The number of aliphatic carboxylic acids is 1. The molecule has 5 heteroatoms. The lowest BCUT2D eigenvalue weighted by Gasteiger charge is -2.23. The van der Waals surface area contributed by atoms with Gasteiger partial charge in [0.15, 0.2) is 0 Å². The summed E-state index contributed by atoms with van der Waals surface area (Å²) in [5, 5.41) is 11.6. The molecule has 0 aliphatic heterocycles. The van der Waals surface area contributed by atoms with Crippen LogP contribution in [-0.2, 0) is 9.59 Å². The van der Waals surface area contributed by atoms with Gasteiger partial charge in [0.05, 0.1) is 13.0 Å². The summed E-state index contributed by atoms with van der Waals surface area (Å²) in [4.78, 5) is 24.3. The van der Waals surface area contributed by atoms with Crippen molar-refractivity contribution in [2.45, 2.75) is 26.7 Å². The molecule has 0 saturated heterocycles. The Bertz CT molecular complexity index is 443. The maximum atomic E-state index is 11.8. The van der Waals surface area contributed by atoms with Crippen molar-refractivity contribution < 1.29 is 14.7 Å². The number of rotatable bonds is 8. The van der Waals surface area contributed by atoms with Crippen LogP contribution in [0.5, 0.6) is 0 Å². The van der Waals surface area contributed by atoms with Crippen molar-refractivity contribution in [2.75, 3.05) is 24.5 Å². The van der Waals surface area contributed by atoms with Crippen molar-refractivity contribution in [1.29, 1.82) is 0 Å². The van der Waals surface area contributed by atoms with E-state index in [2.05, 4.69) is 5.32 Å². The third-order valence-corrected chi connectivity index (χ3v) is 2.90. The molecule has 0 aliphatic rings. The van der Waals surface area contributed by atoms with Gasteiger partial charge >= 0.3 is 5.97 Å². The van der Waals surface area contributed by atoms with Gasteiger partial charge in [0.25, 0.3) is 0 Å². The summed E-state index contributed by atoms with van der Waals surface area (Å²) in [6, 6.07) is 7.72. The van der Waals surface area contributed by atoms with Crippen LogP contribution in [0.2, 0.25) is 0 Å². The van der Waals surface area contributed by atoms with Crippen LogP contribution in [0.4, 0.5) is 5.69 Å². The lowest BCUT2D eigenvalue weighted by Crippen LogP contribution is -2.38. The average Bonchev–Trinajstić information content (AvgIpc) is 2.42. The molecule has 1 amide bonds. The molecule has 0 unspecified atom stereocenters. The van der Waals surface area contributed by atoms with Crippen LogP contribution < -0.4 is 10.2 Å². The van der Waals surface area contributed by atoms with Crippen LogP contribution in [0.1, 0.15) is 25.3 Å². The van der Waals surface area contributed by atoms with Gasteiger partial charge in [0.1, 0.15) is 0 Å². The lowest BCUT2D eigenvalue weighted by molar-refractivity contribution is -0.136. The second-order valence-corrected chi connectivity index (χ2v) is 4.75. The van der Waals surface area contributed by atoms with E-state index in [1.807, 2.05) is 38.1 Å². The highest BCUT2D eigenvalue weighted by atomic mass is 16.4. The second kappa shape index (κ2) is 8.19. The minimum absolute atomic E-state index is 0.00886. The highest BCUT2D eigenvalue weighted by Gasteiger charge is 2.12. The quantitative estimate of drug-likeness (QED) is 0.761. The first kappa shape index (κ1) is 16.0. The Balaban J connectivity index is 2.71. The van der Waals surface area contributed by atoms with E-state index in [4.69, 9.17) is 5.11 Å². The van der Waals surface area contributed by atoms with E-state index in [0.29, 0.717) is 13.1 Å². The number of carbonyl (C=O) groups excluding carboxylic acids is 1. The highest BCUT2D eigenvalue weighted by Crippen LogP contribution is 2.15. The zero-order valence-corrected chi connectivity index (χ0v) is 12.1. The minimum atomic E-state index is -0.865. The normalized spacial score (nSPS) is 10.1. The van der Waals surface area contributed by atoms with Crippen LogP contribution in [0.3, 0.4) is 0 Å². The summed E-state index contributed by atoms with van der Waals surface area (Å²) in [6.45, 7) is 5.11. The van der Waals surface area contributed by atoms with Gasteiger partial charge in [-0.05, 0) is 25.5 Å². The van der Waals surface area contributed by atoms with Crippen molar-refractivity contribution in [3.8, 4) is 0 Å². The molecule has 110 valence electrons. The Morgan fingerprint density at radius 1 is 1.25 bits per heavy atom. The van der Waals surface area contributed by atoms with E-state index in [9.17, 15) is 9.59 Å². The summed E-state index contributed by atoms with van der Waals surface area (Å²) in [5.41, 5.74) is 1.99. The number of hydrogen-bond acceptors (Lipinski definition) is 3. The Morgan fingerprint density at radius 3 is 2.45 bits per heavy atom. The molecule has 0 saturated carbocycles. The molecule has 1 aromatic carbocycles. The molecule has 1 aromatic rings. The number of nitrogens with one attached hydrogen (secondary N) is 1. The molecule has 0 atom stereocenters. The van der Waals surface area contributed by atoms with E-state index in [-0.39, 0.29) is 18.9 Å². The van der Waals surface area contributed by atoms with Gasteiger partial charge in [0.2, 0.25) is 5.91 Å². The molecule has 0 aromatic heterocycles. The van der Waals surface area contributed by atoms with Crippen molar-refractivity contribution in [2.24, 2.45) is 0 Å². The van der Waals surface area contributed by atoms with Crippen LogP contribution in [0.25, 0.3) is 0 Å². The molecular weight excluding hydrogens is 256 g/mol. The fraction of sp³-hybridized carbons (Fsp3) is 0.467. The molecule has 0 heterocycles. The fourth-order valence-electron chi connectivity index (χ4n) is 1.78. The number of hydrogen-bond donors (Lipinski definition) is 2. The Hall–Kier alpha value is -2.04. The van der Waals surface area contributed by atoms with Crippen LogP contribution in [0.15, 0.2) is 24.3 Å². The van der Waals surface area contributed by atoms with E-state index in [0.717, 1.165) is 17.7 Å². The van der Waals surface area contributed by atoms with E-state index < -0.39 is 5.97 Å². The van der Waals surface area contributed by atoms with E-state index >= 15 is 0 Å². The lowest BCUT2D eigenvalue weighted by atomic mass is 10.2. The molecule has 20 heavy (non-hydrogen) atoms. The fourth-order valence-corrected chi connectivity index (χ4v) is 1.78. The first-order valence-corrected chi connectivity index (χ1v) is 6.83. The Kier molecular flexibility index (Phi) is 6.56. The second-order valence-electron chi connectivity index (χ2n) is 4.75. The van der Waals surface area contributed by atoms with Crippen molar-refractivity contribution >= 4 is 17.6 Å². The largest absolute Gasteiger partial charge is 0.481 e. The zero-order chi connectivity index (χ0) is 15.0. The molecule has 0 radical (unpaired) electrons. The van der Waals surface area contributed by atoms with Gasteiger partial charge in [-0.1, -0.05) is 24.6 Å². The third-order valence-electron chi connectivity index (χ3n) is 2.90. The maximum Gasteiger partial charge on any atom is 0.305 e. The number of carboxylic acids is 1. The molecular formula is C15H22N2O3. The monoisotopic (exact) mass is 278 g/mol. The molecule has 5 nitrogen and oxygen atoms in total. The predicted octanol–water partition coefficient (Wildman–Crippen LogP) is 1.80. The number of aryl methyl sites for hydroxylation is 1. The SMILES string of the molecule is CCCNC(=O)CN(CCC(=O)O)c1ccc(C)cc1. The van der Waals surface area contributed by atoms with E-state index in [1.165, 1.54) is 0 Å². The molecule has 2 N–H and O–H groups in total. The molecule has 0 fully saturated rings. The first-order chi connectivity index (χ1) is 9.52. The minimum Gasteiger partial charge on any atom is -0.481 e. The standard InChI is InChI=1S/C15H22N2O3/c1-3-9-16-14(18)11-17(10-8-15(19)20)13-6-4-12(2)5-7-13/h4-7H,3,8-11H2,1-2H3,(H,16,18)(H,19,20). The summed E-state index contributed by atoms with van der Waals surface area (Å²) in [7, 11) is 0. The predicted molar refractivity (Wildman–Crippen MR) is 78.9 cm³/mol. The number of carboxylic acid groups (broad SMARTS) is 1. The summed E-state index contributed by atoms with van der Waals surface area (Å²) in [5.74, 6) is -0.950. The summed E-state index contributed by atoms with van der Waals surface area (Å²) >= 11 is 0. The van der Waals surface area contributed by atoms with Crippen molar-refractivity contribution in [1.82, 2.24) is 5.32 Å². The summed E-state index contributed by atoms with van der Waals surface area (Å²) < 4.78 is 0. The van der Waals surface area contributed by atoms with Gasteiger partial charge in [-0.3, -0.25) is 9.59 Å². The van der Waals surface area contributed by atoms with Crippen LogP contribution in [-0.4, -0.2) is 36.6 Å². The molecule has 0 aliphatic carbocycles. The maximum absolute atomic E-state index is 11.8. The van der Waals surface area contributed by atoms with Gasteiger partial charge in [-0.2, -0.15) is 0 Å². The van der Waals surface area contributed by atoms with Gasteiger partial charge in [-0.25, -0.2) is 0 Å². The first-order valence-electron chi connectivity index (χ1n) is 6.83. The van der Waals surface area contributed by atoms with E-state index in [1.54, 1.807) is 4.90 Å². The number of benzene rings is 1. The number of carbonyl (C=O) groups is 2. The Labute approximate surface area is 119 Å². The molecule has 1 rings (SSSR count). The van der Waals surface area contributed by atoms with Gasteiger partial charge < -0.3 is 15.3 Å².